The predicted octanol–water partition coefficient (Wildman–Crippen LogP) is 3.86. The lowest BCUT2D eigenvalue weighted by Crippen LogP contribution is -2.30. The number of imide groups is 1. The lowest BCUT2D eigenvalue weighted by Gasteiger charge is -2.12. The fourth-order valence-electron chi connectivity index (χ4n) is 2.68. The van der Waals surface area contributed by atoms with Gasteiger partial charge in [0.05, 0.1) is 13.7 Å². The van der Waals surface area contributed by atoms with E-state index in [1.807, 2.05) is 43.3 Å². The van der Waals surface area contributed by atoms with Gasteiger partial charge in [0.1, 0.15) is 11.4 Å². The van der Waals surface area contributed by atoms with E-state index >= 15 is 0 Å². The average Bonchev–Trinajstić information content (AvgIpc) is 2.83. The topological polar surface area (TPSA) is 58.6 Å². The summed E-state index contributed by atoms with van der Waals surface area (Å²) >= 11 is 3.40. The van der Waals surface area contributed by atoms with Crippen LogP contribution < -0.4 is 10.1 Å². The molecule has 0 spiro atoms. The summed E-state index contributed by atoms with van der Waals surface area (Å²) in [6, 6.07) is 12.8. The van der Waals surface area contributed by atoms with Gasteiger partial charge in [0.15, 0.2) is 0 Å². The van der Waals surface area contributed by atoms with Gasteiger partial charge in [-0.3, -0.25) is 9.69 Å². The maximum Gasteiger partial charge on any atom is 0.329 e. The van der Waals surface area contributed by atoms with Crippen molar-refractivity contribution >= 4 is 33.9 Å². The Hall–Kier alpha value is -2.60. The number of hydrogen-bond donors (Lipinski definition) is 1. The van der Waals surface area contributed by atoms with E-state index in [9.17, 15) is 9.59 Å². The average molecular weight is 401 g/mol. The van der Waals surface area contributed by atoms with E-state index in [1.165, 1.54) is 4.90 Å². The first-order chi connectivity index (χ1) is 12.0. The van der Waals surface area contributed by atoms with Gasteiger partial charge in [0.2, 0.25) is 0 Å². The molecule has 6 heteroatoms. The lowest BCUT2D eigenvalue weighted by atomic mass is 10.1. The fourth-order valence-corrected chi connectivity index (χ4v) is 3.06. The smallest absolute Gasteiger partial charge is 0.329 e. The minimum Gasteiger partial charge on any atom is -0.496 e. The van der Waals surface area contributed by atoms with Crippen LogP contribution in [0.4, 0.5) is 4.79 Å². The maximum absolute atomic E-state index is 12.6. The normalized spacial score (nSPS) is 15.6. The third-order valence-corrected chi connectivity index (χ3v) is 4.37. The molecule has 1 heterocycles. The Morgan fingerprint density at radius 2 is 2.00 bits per heavy atom. The molecule has 0 radical (unpaired) electrons. The summed E-state index contributed by atoms with van der Waals surface area (Å²) in [5.74, 6) is 0.267. The zero-order chi connectivity index (χ0) is 18.0. The Kier molecular flexibility index (Phi) is 4.90. The summed E-state index contributed by atoms with van der Waals surface area (Å²) in [7, 11) is 1.56. The van der Waals surface area contributed by atoms with Crippen molar-refractivity contribution in [1.82, 2.24) is 10.2 Å². The van der Waals surface area contributed by atoms with Crippen molar-refractivity contribution in [2.75, 3.05) is 7.11 Å². The number of hydrogen-bond acceptors (Lipinski definition) is 3. The van der Waals surface area contributed by atoms with Crippen LogP contribution in [-0.4, -0.2) is 23.9 Å². The molecule has 0 bridgehead atoms. The number of nitrogens with one attached hydrogen (secondary N) is 1. The highest BCUT2D eigenvalue weighted by Gasteiger charge is 2.33. The number of rotatable bonds is 4. The van der Waals surface area contributed by atoms with Crippen molar-refractivity contribution < 1.29 is 14.3 Å². The highest BCUT2D eigenvalue weighted by molar-refractivity contribution is 9.10. The van der Waals surface area contributed by atoms with E-state index < -0.39 is 6.03 Å². The molecule has 25 heavy (non-hydrogen) atoms. The third kappa shape index (κ3) is 3.74. The molecule has 0 atom stereocenters. The first kappa shape index (κ1) is 17.2. The molecule has 0 aromatic heterocycles. The number of ether oxygens (including phenoxy) is 1. The highest BCUT2D eigenvalue weighted by Crippen LogP contribution is 2.26. The number of methoxy groups -OCH3 is 1. The zero-order valence-electron chi connectivity index (χ0n) is 13.9. The van der Waals surface area contributed by atoms with Gasteiger partial charge in [-0.25, -0.2) is 4.79 Å². The second-order valence-corrected chi connectivity index (χ2v) is 6.67. The van der Waals surface area contributed by atoms with Gasteiger partial charge in [0, 0.05) is 10.0 Å². The van der Waals surface area contributed by atoms with Crippen LogP contribution in [0, 0.1) is 6.92 Å². The number of carbonyl (C=O) groups excluding carboxylic acids is 2. The second kappa shape index (κ2) is 7.11. The van der Waals surface area contributed by atoms with E-state index in [1.54, 1.807) is 19.3 Å². The quantitative estimate of drug-likeness (QED) is 0.625. The Bertz CT molecular complexity index is 877. The molecule has 2 aromatic carbocycles. The number of nitrogens with zero attached hydrogens (tertiary/aromatic N) is 1. The number of benzene rings is 2. The van der Waals surface area contributed by atoms with E-state index in [4.69, 9.17) is 4.74 Å². The summed E-state index contributed by atoms with van der Waals surface area (Å²) in [6.45, 7) is 2.21. The van der Waals surface area contributed by atoms with Gasteiger partial charge in [-0.15, -0.1) is 0 Å². The predicted molar refractivity (Wildman–Crippen MR) is 98.9 cm³/mol. The van der Waals surface area contributed by atoms with Crippen molar-refractivity contribution in [2.24, 2.45) is 0 Å². The molecule has 1 saturated heterocycles. The number of urea groups is 1. The van der Waals surface area contributed by atoms with Gasteiger partial charge >= 0.3 is 6.03 Å². The Balaban J connectivity index is 1.87. The van der Waals surface area contributed by atoms with Crippen molar-refractivity contribution in [1.29, 1.82) is 0 Å². The molecule has 0 saturated carbocycles. The van der Waals surface area contributed by atoms with E-state index in [2.05, 4.69) is 21.2 Å². The van der Waals surface area contributed by atoms with Gasteiger partial charge in [-0.2, -0.15) is 0 Å². The molecular weight excluding hydrogens is 384 g/mol. The standard InChI is InChI=1S/C19H17BrN2O3/c1-12-4-3-5-13(8-12)11-22-18(23)16(21-19(22)24)10-14-9-15(20)6-7-17(14)25-2/h3-10H,11H2,1-2H3,(H,21,24)/b16-10+. The van der Waals surface area contributed by atoms with Crippen LogP contribution in [0.2, 0.25) is 0 Å². The number of halogens is 1. The van der Waals surface area contributed by atoms with Crippen LogP contribution in [0.5, 0.6) is 5.75 Å². The van der Waals surface area contributed by atoms with Crippen LogP contribution in [-0.2, 0) is 11.3 Å². The molecule has 2 aromatic rings. The van der Waals surface area contributed by atoms with Crippen molar-refractivity contribution in [3.05, 3.63) is 69.3 Å². The fraction of sp³-hybridized carbons (Fsp3) is 0.158. The number of carbonyl (C=O) groups is 2. The maximum atomic E-state index is 12.6. The summed E-state index contributed by atoms with van der Waals surface area (Å²) in [5, 5.41) is 2.64. The van der Waals surface area contributed by atoms with Gasteiger partial charge in [-0.05, 0) is 36.8 Å². The van der Waals surface area contributed by atoms with Crippen LogP contribution in [0.1, 0.15) is 16.7 Å². The van der Waals surface area contributed by atoms with E-state index in [0.717, 1.165) is 15.6 Å². The summed E-state index contributed by atoms with van der Waals surface area (Å²) in [4.78, 5) is 26.0. The molecule has 0 aliphatic carbocycles. The van der Waals surface area contributed by atoms with Crippen LogP contribution in [0.3, 0.4) is 0 Å². The van der Waals surface area contributed by atoms with Crippen LogP contribution in [0.25, 0.3) is 6.08 Å². The molecule has 3 amide bonds. The van der Waals surface area contributed by atoms with Crippen LogP contribution >= 0.6 is 15.9 Å². The second-order valence-electron chi connectivity index (χ2n) is 5.75. The molecule has 1 fully saturated rings. The van der Waals surface area contributed by atoms with E-state index in [-0.39, 0.29) is 18.1 Å². The molecule has 0 unspecified atom stereocenters. The number of aryl methyl sites for hydroxylation is 1. The molecule has 1 N–H and O–H groups in total. The molecule has 3 rings (SSSR count). The lowest BCUT2D eigenvalue weighted by molar-refractivity contribution is -0.123. The van der Waals surface area contributed by atoms with E-state index in [0.29, 0.717) is 11.3 Å². The van der Waals surface area contributed by atoms with Crippen molar-refractivity contribution in [3.8, 4) is 5.75 Å². The Morgan fingerprint density at radius 3 is 2.72 bits per heavy atom. The number of amides is 3. The first-order valence-corrected chi connectivity index (χ1v) is 8.51. The summed E-state index contributed by atoms with van der Waals surface area (Å²) in [6.07, 6.45) is 1.63. The summed E-state index contributed by atoms with van der Waals surface area (Å²) < 4.78 is 6.16. The minimum atomic E-state index is -0.424. The van der Waals surface area contributed by atoms with Crippen molar-refractivity contribution in [2.45, 2.75) is 13.5 Å². The first-order valence-electron chi connectivity index (χ1n) is 7.71. The summed E-state index contributed by atoms with van der Waals surface area (Å²) in [5.41, 5.74) is 2.93. The zero-order valence-corrected chi connectivity index (χ0v) is 15.5. The highest BCUT2D eigenvalue weighted by atomic mass is 79.9. The molecule has 5 nitrogen and oxygen atoms in total. The molecular formula is C19H17BrN2O3. The Morgan fingerprint density at radius 1 is 1.20 bits per heavy atom. The van der Waals surface area contributed by atoms with Gasteiger partial charge < -0.3 is 10.1 Å². The Labute approximate surface area is 154 Å². The molecule has 128 valence electrons. The third-order valence-electron chi connectivity index (χ3n) is 3.88. The van der Waals surface area contributed by atoms with Gasteiger partial charge in [0.25, 0.3) is 5.91 Å². The van der Waals surface area contributed by atoms with Crippen LogP contribution in [0.15, 0.2) is 52.6 Å². The van der Waals surface area contributed by atoms with Crippen molar-refractivity contribution in [3.63, 3.8) is 0 Å². The monoisotopic (exact) mass is 400 g/mol. The largest absolute Gasteiger partial charge is 0.496 e. The van der Waals surface area contributed by atoms with Gasteiger partial charge in [-0.1, -0.05) is 45.8 Å². The molecule has 1 aliphatic rings. The minimum absolute atomic E-state index is 0.231. The SMILES string of the molecule is COc1ccc(Br)cc1/C=C1/NC(=O)N(Cc2cccc(C)c2)C1=O. The molecule has 1 aliphatic heterocycles.